The molecule has 4 nitrogen and oxygen atoms in total. The van der Waals surface area contributed by atoms with Crippen molar-refractivity contribution in [2.75, 3.05) is 13.7 Å². The maximum atomic E-state index is 5.86. The Morgan fingerprint density at radius 3 is 2.75 bits per heavy atom. The van der Waals surface area contributed by atoms with Crippen molar-refractivity contribution in [1.82, 2.24) is 15.3 Å². The van der Waals surface area contributed by atoms with Gasteiger partial charge in [-0.15, -0.1) is 0 Å². The second kappa shape index (κ2) is 5.78. The predicted octanol–water partition coefficient (Wildman–Crippen LogP) is 2.49. The summed E-state index contributed by atoms with van der Waals surface area (Å²) in [6.45, 7) is 4.14. The molecule has 3 rings (SSSR count). The molecule has 0 atom stereocenters. The fourth-order valence-corrected chi connectivity index (χ4v) is 3.55. The molecule has 2 heterocycles. The number of nitrogens with one attached hydrogen (secondary N) is 1. The Balaban J connectivity index is 2.05. The lowest BCUT2D eigenvalue weighted by Gasteiger charge is -2.28. The van der Waals surface area contributed by atoms with Gasteiger partial charge in [-0.05, 0) is 50.6 Å². The van der Waals surface area contributed by atoms with E-state index in [2.05, 4.69) is 12.2 Å². The predicted molar refractivity (Wildman–Crippen MR) is 78.6 cm³/mol. The molecule has 1 fully saturated rings. The highest BCUT2D eigenvalue weighted by Crippen LogP contribution is 2.40. The standard InChI is InChI=1S/C16H25N3O/c1-3-6-13-12-7-10-17-11-14(12)19-15(18-13)16(20-2)8-4-5-9-16/h17H,3-11H2,1-2H3. The van der Waals surface area contributed by atoms with E-state index in [0.29, 0.717) is 0 Å². The summed E-state index contributed by atoms with van der Waals surface area (Å²) in [5.41, 5.74) is 3.62. The SMILES string of the molecule is CCCc1nc(C2(OC)CCCC2)nc2c1CCNC2. The van der Waals surface area contributed by atoms with Gasteiger partial charge in [-0.1, -0.05) is 13.3 Å². The highest BCUT2D eigenvalue weighted by molar-refractivity contribution is 5.30. The summed E-state index contributed by atoms with van der Waals surface area (Å²) in [6.07, 6.45) is 7.80. The van der Waals surface area contributed by atoms with Crippen LogP contribution in [0.5, 0.6) is 0 Å². The average Bonchev–Trinajstić information content (AvgIpc) is 2.97. The Morgan fingerprint density at radius 1 is 1.25 bits per heavy atom. The molecule has 1 saturated carbocycles. The molecule has 1 N–H and O–H groups in total. The maximum absolute atomic E-state index is 5.86. The first-order valence-electron chi connectivity index (χ1n) is 7.94. The minimum Gasteiger partial charge on any atom is -0.370 e. The molecule has 1 aliphatic carbocycles. The first-order valence-corrected chi connectivity index (χ1v) is 7.94. The third-order valence-corrected chi connectivity index (χ3v) is 4.72. The first-order chi connectivity index (χ1) is 9.79. The van der Waals surface area contributed by atoms with Gasteiger partial charge in [-0.2, -0.15) is 0 Å². The fourth-order valence-electron chi connectivity index (χ4n) is 3.55. The Labute approximate surface area is 121 Å². The van der Waals surface area contributed by atoms with Gasteiger partial charge >= 0.3 is 0 Å². The van der Waals surface area contributed by atoms with Gasteiger partial charge in [0.05, 0.1) is 5.69 Å². The average molecular weight is 275 g/mol. The molecule has 0 radical (unpaired) electrons. The number of aromatic nitrogens is 2. The van der Waals surface area contributed by atoms with Crippen molar-refractivity contribution in [3.8, 4) is 0 Å². The number of methoxy groups -OCH3 is 1. The lowest BCUT2D eigenvalue weighted by atomic mass is 9.97. The first kappa shape index (κ1) is 14.0. The molecule has 0 unspecified atom stereocenters. The van der Waals surface area contributed by atoms with Crippen molar-refractivity contribution >= 4 is 0 Å². The molecule has 1 aromatic rings. The molecule has 0 amide bonds. The molecule has 0 bridgehead atoms. The van der Waals surface area contributed by atoms with E-state index in [1.807, 2.05) is 7.11 Å². The van der Waals surface area contributed by atoms with E-state index in [1.165, 1.54) is 29.8 Å². The molecule has 4 heteroatoms. The number of ether oxygens (including phenoxy) is 1. The monoisotopic (exact) mass is 275 g/mol. The number of hydrogen-bond acceptors (Lipinski definition) is 4. The quantitative estimate of drug-likeness (QED) is 0.917. The minimum atomic E-state index is -0.227. The van der Waals surface area contributed by atoms with E-state index in [4.69, 9.17) is 14.7 Å². The highest BCUT2D eigenvalue weighted by atomic mass is 16.5. The lowest BCUT2D eigenvalue weighted by Crippen LogP contribution is -2.32. The molecule has 1 aliphatic heterocycles. The second-order valence-corrected chi connectivity index (χ2v) is 6.00. The van der Waals surface area contributed by atoms with Gasteiger partial charge in [0.15, 0.2) is 5.82 Å². The Morgan fingerprint density at radius 2 is 2.05 bits per heavy atom. The van der Waals surface area contributed by atoms with Crippen molar-refractivity contribution in [1.29, 1.82) is 0 Å². The molecule has 0 saturated heterocycles. The minimum absolute atomic E-state index is 0.227. The largest absolute Gasteiger partial charge is 0.370 e. The summed E-state index contributed by atoms with van der Waals surface area (Å²) in [6, 6.07) is 0. The van der Waals surface area contributed by atoms with Crippen LogP contribution >= 0.6 is 0 Å². The Bertz CT molecular complexity index is 481. The molecule has 2 aliphatic rings. The van der Waals surface area contributed by atoms with Crippen molar-refractivity contribution < 1.29 is 4.74 Å². The number of aryl methyl sites for hydroxylation is 1. The Hall–Kier alpha value is -1.00. The van der Waals surface area contributed by atoms with E-state index in [-0.39, 0.29) is 5.60 Å². The number of hydrogen-bond donors (Lipinski definition) is 1. The normalized spacial score (nSPS) is 20.9. The van der Waals surface area contributed by atoms with Crippen LogP contribution < -0.4 is 5.32 Å². The lowest BCUT2D eigenvalue weighted by molar-refractivity contribution is -0.0167. The topological polar surface area (TPSA) is 47.0 Å². The van der Waals surface area contributed by atoms with Gasteiger partial charge in [0, 0.05) is 19.3 Å². The van der Waals surface area contributed by atoms with Gasteiger partial charge in [0.2, 0.25) is 0 Å². The molecule has 20 heavy (non-hydrogen) atoms. The summed E-state index contributed by atoms with van der Waals surface area (Å²) in [5, 5.41) is 3.43. The van der Waals surface area contributed by atoms with Gasteiger partial charge in [0.1, 0.15) is 5.60 Å². The fraction of sp³-hybridized carbons (Fsp3) is 0.750. The Kier molecular flexibility index (Phi) is 4.03. The van der Waals surface area contributed by atoms with Crippen LogP contribution in [0.4, 0.5) is 0 Å². The van der Waals surface area contributed by atoms with E-state index >= 15 is 0 Å². The van der Waals surface area contributed by atoms with Crippen molar-refractivity contribution in [2.24, 2.45) is 0 Å². The van der Waals surface area contributed by atoms with Crippen LogP contribution in [-0.4, -0.2) is 23.6 Å². The maximum Gasteiger partial charge on any atom is 0.160 e. The van der Waals surface area contributed by atoms with Crippen molar-refractivity contribution in [3.05, 3.63) is 22.8 Å². The molecular formula is C16H25N3O. The summed E-state index contributed by atoms with van der Waals surface area (Å²) in [4.78, 5) is 9.82. The number of nitrogens with zero attached hydrogens (tertiary/aromatic N) is 2. The summed E-state index contributed by atoms with van der Waals surface area (Å²) < 4.78 is 5.86. The van der Waals surface area contributed by atoms with Crippen LogP contribution in [0, 0.1) is 0 Å². The van der Waals surface area contributed by atoms with E-state index in [9.17, 15) is 0 Å². The summed E-state index contributed by atoms with van der Waals surface area (Å²) >= 11 is 0. The van der Waals surface area contributed by atoms with Gasteiger partial charge in [-0.3, -0.25) is 0 Å². The van der Waals surface area contributed by atoms with Crippen LogP contribution in [0.1, 0.15) is 61.8 Å². The van der Waals surface area contributed by atoms with Gasteiger partial charge in [0.25, 0.3) is 0 Å². The van der Waals surface area contributed by atoms with Crippen LogP contribution in [-0.2, 0) is 29.7 Å². The van der Waals surface area contributed by atoms with Gasteiger partial charge < -0.3 is 10.1 Å². The zero-order valence-electron chi connectivity index (χ0n) is 12.7. The molecule has 0 spiro atoms. The van der Waals surface area contributed by atoms with Crippen molar-refractivity contribution in [2.45, 2.75) is 64.0 Å². The van der Waals surface area contributed by atoms with Gasteiger partial charge in [-0.25, -0.2) is 9.97 Å². The molecule has 0 aromatic carbocycles. The zero-order chi connectivity index (χ0) is 14.0. The number of fused-ring (bicyclic) bond motifs is 1. The van der Waals surface area contributed by atoms with Crippen LogP contribution in [0.3, 0.4) is 0 Å². The molecular weight excluding hydrogens is 250 g/mol. The second-order valence-electron chi connectivity index (χ2n) is 6.00. The van der Waals surface area contributed by atoms with E-state index < -0.39 is 0 Å². The summed E-state index contributed by atoms with van der Waals surface area (Å²) in [5.74, 6) is 0.934. The van der Waals surface area contributed by atoms with Crippen LogP contribution in [0.15, 0.2) is 0 Å². The van der Waals surface area contributed by atoms with E-state index in [0.717, 1.165) is 51.0 Å². The van der Waals surface area contributed by atoms with Crippen LogP contribution in [0.25, 0.3) is 0 Å². The van der Waals surface area contributed by atoms with E-state index in [1.54, 1.807) is 0 Å². The molecule has 110 valence electrons. The summed E-state index contributed by atoms with van der Waals surface area (Å²) in [7, 11) is 1.81. The van der Waals surface area contributed by atoms with Crippen LogP contribution in [0.2, 0.25) is 0 Å². The third kappa shape index (κ3) is 2.35. The number of rotatable bonds is 4. The smallest absolute Gasteiger partial charge is 0.160 e. The zero-order valence-corrected chi connectivity index (χ0v) is 12.7. The highest BCUT2D eigenvalue weighted by Gasteiger charge is 2.39. The third-order valence-electron chi connectivity index (χ3n) is 4.72. The molecule has 1 aromatic heterocycles. The van der Waals surface area contributed by atoms with Crippen molar-refractivity contribution in [3.63, 3.8) is 0 Å².